The van der Waals surface area contributed by atoms with E-state index in [2.05, 4.69) is 26.8 Å². The van der Waals surface area contributed by atoms with Gasteiger partial charge in [0.05, 0.1) is 29.3 Å². The molecule has 1 atom stereocenters. The molecule has 12 heteroatoms. The van der Waals surface area contributed by atoms with E-state index in [0.29, 0.717) is 47.4 Å². The second-order valence-electron chi connectivity index (χ2n) is 10.5. The Morgan fingerprint density at radius 3 is 2.40 bits per heavy atom. The number of aromatic nitrogens is 3. The fourth-order valence-electron chi connectivity index (χ4n) is 5.22. The molecule has 3 heterocycles. The predicted molar refractivity (Wildman–Crippen MR) is 156 cm³/mol. The molecule has 2 aromatic heterocycles. The number of allylic oxidation sites excluding steroid dienone is 4. The van der Waals surface area contributed by atoms with E-state index in [1.54, 1.807) is 47.6 Å². The van der Waals surface area contributed by atoms with Crippen LogP contribution in [0.2, 0.25) is 0 Å². The Morgan fingerprint density at radius 1 is 1.10 bits per heavy atom. The van der Waals surface area contributed by atoms with Crippen molar-refractivity contribution in [2.75, 3.05) is 42.7 Å². The van der Waals surface area contributed by atoms with Crippen molar-refractivity contribution in [1.82, 2.24) is 19.7 Å². The molecule has 0 radical (unpaired) electrons. The van der Waals surface area contributed by atoms with Crippen LogP contribution in [0.4, 0.5) is 33.5 Å². The maximum atomic E-state index is 14.6. The van der Waals surface area contributed by atoms with Crippen molar-refractivity contribution in [2.24, 2.45) is 14.1 Å². The molecule has 0 unspecified atom stereocenters. The molecular weight excluding hydrogens is 555 g/mol. The van der Waals surface area contributed by atoms with E-state index >= 15 is 0 Å². The molecule has 0 amide bonds. The number of rotatable bonds is 8. The fraction of sp³-hybridized carbons (Fsp3) is 0.400. The monoisotopic (exact) mass is 590 g/mol. The van der Waals surface area contributed by atoms with Crippen LogP contribution in [0.25, 0.3) is 10.8 Å². The molecule has 4 rings (SSSR count). The molecule has 3 aromatic rings. The van der Waals surface area contributed by atoms with E-state index < -0.39 is 36.0 Å². The Hall–Kier alpha value is -4.09. The van der Waals surface area contributed by atoms with E-state index in [9.17, 15) is 26.7 Å². The van der Waals surface area contributed by atoms with Crippen molar-refractivity contribution in [1.29, 1.82) is 0 Å². The number of nitrogens with one attached hydrogen (secondary N) is 1. The van der Waals surface area contributed by atoms with Gasteiger partial charge in [0.1, 0.15) is 12.5 Å². The van der Waals surface area contributed by atoms with Crippen LogP contribution in [-0.4, -0.2) is 53.4 Å². The largest absolute Gasteiger partial charge is 0.417 e. The summed E-state index contributed by atoms with van der Waals surface area (Å²) in [5, 5.41) is 7.59. The average Bonchev–Trinajstić information content (AvgIpc) is 3.21. The molecular formula is C30H35F5N6O. The zero-order valence-corrected chi connectivity index (χ0v) is 24.1. The van der Waals surface area contributed by atoms with E-state index in [1.807, 2.05) is 13.2 Å². The Kier molecular flexibility index (Phi) is 9.12. The number of nitrogens with zero attached hydrogens (tertiary/aromatic N) is 5. The number of hydrogen-bond donors (Lipinski definition) is 1. The van der Waals surface area contributed by atoms with Gasteiger partial charge < -0.3 is 15.1 Å². The third-order valence-corrected chi connectivity index (χ3v) is 7.39. The van der Waals surface area contributed by atoms with Gasteiger partial charge in [-0.2, -0.15) is 18.3 Å². The van der Waals surface area contributed by atoms with Crippen LogP contribution in [0.5, 0.6) is 0 Å². The first kappa shape index (κ1) is 30.9. The summed E-state index contributed by atoms with van der Waals surface area (Å²) in [6.45, 7) is 7.58. The predicted octanol–water partition coefficient (Wildman–Crippen LogP) is 5.77. The summed E-state index contributed by atoms with van der Waals surface area (Å²) in [6.07, 6.45) is 1.48. The Labute approximate surface area is 241 Å². The van der Waals surface area contributed by atoms with Gasteiger partial charge in [0.15, 0.2) is 0 Å². The summed E-state index contributed by atoms with van der Waals surface area (Å²) in [5.41, 5.74) is -0.170. The van der Waals surface area contributed by atoms with Crippen molar-refractivity contribution in [3.63, 3.8) is 0 Å². The first-order chi connectivity index (χ1) is 19.8. The van der Waals surface area contributed by atoms with Crippen LogP contribution in [0.1, 0.15) is 30.5 Å². The summed E-state index contributed by atoms with van der Waals surface area (Å²) in [5.74, 6) is -0.107. The molecule has 1 N–H and O–H groups in total. The number of aryl methyl sites for hydroxylation is 2. The van der Waals surface area contributed by atoms with Crippen molar-refractivity contribution in [3.8, 4) is 0 Å². The summed E-state index contributed by atoms with van der Waals surface area (Å²) in [4.78, 5) is 17.9. The van der Waals surface area contributed by atoms with Gasteiger partial charge in [-0.1, -0.05) is 12.6 Å². The van der Waals surface area contributed by atoms with E-state index in [4.69, 9.17) is 0 Å². The highest BCUT2D eigenvalue weighted by molar-refractivity contribution is 5.88. The van der Waals surface area contributed by atoms with E-state index in [-0.39, 0.29) is 5.56 Å². The zero-order chi connectivity index (χ0) is 30.8. The maximum absolute atomic E-state index is 14.6. The van der Waals surface area contributed by atoms with Crippen molar-refractivity contribution in [3.05, 3.63) is 87.9 Å². The molecule has 42 heavy (non-hydrogen) atoms. The highest BCUT2D eigenvalue weighted by atomic mass is 19.4. The van der Waals surface area contributed by atoms with Gasteiger partial charge in [0.2, 0.25) is 0 Å². The zero-order valence-electron chi connectivity index (χ0n) is 24.1. The Morgan fingerprint density at radius 2 is 1.79 bits per heavy atom. The van der Waals surface area contributed by atoms with Gasteiger partial charge in [0.25, 0.3) is 5.56 Å². The van der Waals surface area contributed by atoms with Crippen molar-refractivity contribution in [2.45, 2.75) is 32.5 Å². The fourth-order valence-corrected chi connectivity index (χ4v) is 5.22. The third kappa shape index (κ3) is 6.69. The summed E-state index contributed by atoms with van der Waals surface area (Å²) >= 11 is 0. The van der Waals surface area contributed by atoms with Gasteiger partial charge in [-0.15, -0.1) is 0 Å². The number of anilines is 2. The number of hydrogen-bond acceptors (Lipinski definition) is 5. The van der Waals surface area contributed by atoms with Gasteiger partial charge in [-0.05, 0) is 61.1 Å². The Balaban J connectivity index is 1.76. The normalized spacial score (nSPS) is 16.1. The lowest BCUT2D eigenvalue weighted by Gasteiger charge is -2.27. The molecule has 0 bridgehead atoms. The first-order valence-corrected chi connectivity index (χ1v) is 13.6. The number of fused-ring (bicyclic) bond motifs is 1. The smallest absolute Gasteiger partial charge is 0.375 e. The molecule has 0 saturated carbocycles. The highest BCUT2D eigenvalue weighted by Gasteiger charge is 2.35. The molecule has 7 nitrogen and oxygen atoms in total. The molecule has 1 aromatic carbocycles. The van der Waals surface area contributed by atoms with Crippen LogP contribution in [0.15, 0.2) is 71.2 Å². The third-order valence-electron chi connectivity index (χ3n) is 7.39. The molecule has 1 aliphatic rings. The number of alkyl halides is 4. The molecule has 1 saturated heterocycles. The molecule has 0 aliphatic carbocycles. The highest BCUT2D eigenvalue weighted by Crippen LogP contribution is 2.33. The SMILES string of the molecule is C=C(/C(=C\C=C(/C)F)N[C@H](CF)c1cc(C)cc2c(=O)n(C)c(N3CCCN(c4cnn(C)c4)CC3)cc12)C(F)(F)F. The quantitative estimate of drug-likeness (QED) is 0.267. The lowest BCUT2D eigenvalue weighted by molar-refractivity contribution is -0.0896. The standard InChI is InChI=1S/C30H35F5N6O/c1-19-13-24(27(16-31)37-26(8-7-20(2)32)21(3)30(33,34)35)23-15-28(39(5)29(42)25(23)14-19)41-10-6-9-40(11-12-41)22-17-36-38(4)18-22/h7-8,13-15,17-18,27,37H,3,6,9-12,16H2,1-2,4-5H3/b20-7+,26-8+/t27-/m1/s1. The second-order valence-corrected chi connectivity index (χ2v) is 10.5. The van der Waals surface area contributed by atoms with Crippen LogP contribution < -0.4 is 20.7 Å². The van der Waals surface area contributed by atoms with Crippen LogP contribution in [0.3, 0.4) is 0 Å². The minimum absolute atomic E-state index is 0.301. The van der Waals surface area contributed by atoms with Crippen molar-refractivity contribution >= 4 is 22.3 Å². The summed E-state index contributed by atoms with van der Waals surface area (Å²) in [7, 11) is 3.53. The summed E-state index contributed by atoms with van der Waals surface area (Å²) < 4.78 is 72.1. The van der Waals surface area contributed by atoms with Gasteiger partial charge >= 0.3 is 6.18 Å². The van der Waals surface area contributed by atoms with Crippen LogP contribution >= 0.6 is 0 Å². The molecule has 1 fully saturated rings. The average molecular weight is 591 g/mol. The maximum Gasteiger partial charge on any atom is 0.417 e. The molecule has 226 valence electrons. The van der Waals surface area contributed by atoms with E-state index in [1.165, 1.54) is 0 Å². The Bertz CT molecular complexity index is 1580. The number of pyridine rings is 1. The van der Waals surface area contributed by atoms with E-state index in [0.717, 1.165) is 37.7 Å². The molecule has 1 aliphatic heterocycles. The number of halogens is 5. The van der Waals surface area contributed by atoms with Crippen molar-refractivity contribution < 1.29 is 22.0 Å². The van der Waals surface area contributed by atoms with Gasteiger partial charge in [-0.25, -0.2) is 8.78 Å². The first-order valence-electron chi connectivity index (χ1n) is 13.6. The topological polar surface area (TPSA) is 58.3 Å². The van der Waals surface area contributed by atoms with Gasteiger partial charge in [-0.3, -0.25) is 14.0 Å². The summed E-state index contributed by atoms with van der Waals surface area (Å²) in [6, 6.07) is 3.87. The number of benzene rings is 1. The minimum Gasteiger partial charge on any atom is -0.375 e. The minimum atomic E-state index is -4.83. The molecule has 0 spiro atoms. The second kappa shape index (κ2) is 12.4. The lowest BCUT2D eigenvalue weighted by Crippen LogP contribution is -2.34. The van der Waals surface area contributed by atoms with Crippen LogP contribution in [0, 0.1) is 6.92 Å². The van der Waals surface area contributed by atoms with Crippen LogP contribution in [-0.2, 0) is 14.1 Å². The van der Waals surface area contributed by atoms with Gasteiger partial charge in [0, 0.05) is 57.6 Å². The lowest BCUT2D eigenvalue weighted by atomic mass is 9.96.